The van der Waals surface area contributed by atoms with Crippen molar-refractivity contribution in [1.82, 2.24) is 10.7 Å². The maximum absolute atomic E-state index is 5.47. The summed E-state index contributed by atoms with van der Waals surface area (Å²) in [7, 11) is 0. The van der Waals surface area contributed by atoms with Crippen molar-refractivity contribution in [1.29, 1.82) is 0 Å². The molecule has 4 bridgehead atoms. The van der Waals surface area contributed by atoms with Crippen LogP contribution in [0.5, 0.6) is 0 Å². The van der Waals surface area contributed by atoms with Crippen LogP contribution in [-0.4, -0.2) is 16.9 Å². The summed E-state index contributed by atoms with van der Waals surface area (Å²) in [6.45, 7) is 0. The van der Waals surface area contributed by atoms with Gasteiger partial charge in [-0.25, -0.2) is 0 Å². The van der Waals surface area contributed by atoms with Crippen LogP contribution >= 0.6 is 12.2 Å². The normalized spacial score (nSPS) is 34.1. The Kier molecular flexibility index (Phi) is 4.40. The third kappa shape index (κ3) is 3.54. The Bertz CT molecular complexity index is 615. The van der Waals surface area contributed by atoms with Crippen molar-refractivity contribution in [3.63, 3.8) is 0 Å². The average Bonchev–Trinajstić information content (AvgIpc) is 2.53. The minimum atomic E-state index is 0.244. The molecule has 5 rings (SSSR count). The molecule has 4 heteroatoms. The predicted octanol–water partition coefficient (Wildman–Crippen LogP) is 4.12. The van der Waals surface area contributed by atoms with E-state index in [0.717, 1.165) is 17.8 Å². The SMILES string of the molecule is S=C(N/N=C/C=C\c1ccccc1)NC12CC3CC(CC(C3)C1)C2. The largest absolute Gasteiger partial charge is 0.356 e. The topological polar surface area (TPSA) is 36.4 Å². The standard InChI is InChI=1S/C20H25N3S/c24-19(23-21-8-4-7-15-5-2-1-3-6-15)22-20-12-16-9-17(13-20)11-18(10-16)14-20/h1-8,16-18H,9-14H2,(H2,22,23,24)/b7-4-,21-8+. The second-order valence-corrected chi connectivity index (χ2v) is 8.22. The van der Waals surface area contributed by atoms with Crippen molar-refractivity contribution in [2.75, 3.05) is 0 Å². The van der Waals surface area contributed by atoms with Crippen molar-refractivity contribution in [2.24, 2.45) is 22.9 Å². The summed E-state index contributed by atoms with van der Waals surface area (Å²) in [5.41, 5.74) is 4.39. The van der Waals surface area contributed by atoms with E-state index in [1.165, 1.54) is 44.1 Å². The Labute approximate surface area is 149 Å². The van der Waals surface area contributed by atoms with Gasteiger partial charge in [-0.2, -0.15) is 5.10 Å². The molecule has 4 aliphatic carbocycles. The van der Waals surface area contributed by atoms with Crippen molar-refractivity contribution in [3.05, 3.63) is 42.0 Å². The summed E-state index contributed by atoms with van der Waals surface area (Å²) >= 11 is 5.47. The van der Waals surface area contributed by atoms with E-state index >= 15 is 0 Å². The highest BCUT2D eigenvalue weighted by Crippen LogP contribution is 2.55. The van der Waals surface area contributed by atoms with E-state index in [1.54, 1.807) is 6.21 Å². The molecule has 2 N–H and O–H groups in total. The highest BCUT2D eigenvalue weighted by atomic mass is 32.1. The number of hydrogen-bond donors (Lipinski definition) is 2. The smallest absolute Gasteiger partial charge is 0.187 e. The van der Waals surface area contributed by atoms with Gasteiger partial charge in [0.1, 0.15) is 0 Å². The molecule has 1 aromatic rings. The Morgan fingerprint density at radius 3 is 2.29 bits per heavy atom. The number of benzene rings is 1. The summed E-state index contributed by atoms with van der Waals surface area (Å²) in [4.78, 5) is 0. The summed E-state index contributed by atoms with van der Waals surface area (Å²) in [5.74, 6) is 2.76. The number of allylic oxidation sites excluding steroid dienone is 1. The molecule has 4 aliphatic rings. The lowest BCUT2D eigenvalue weighted by Crippen LogP contribution is -2.61. The number of thiocarbonyl (C=S) groups is 1. The lowest BCUT2D eigenvalue weighted by Gasteiger charge is -2.57. The first kappa shape index (κ1) is 15.8. The monoisotopic (exact) mass is 339 g/mol. The molecule has 3 nitrogen and oxygen atoms in total. The van der Waals surface area contributed by atoms with Crippen LogP contribution in [0.25, 0.3) is 6.08 Å². The van der Waals surface area contributed by atoms with Gasteiger partial charge in [0.15, 0.2) is 5.11 Å². The molecule has 0 saturated heterocycles. The number of nitrogens with one attached hydrogen (secondary N) is 2. The first-order valence-corrected chi connectivity index (χ1v) is 9.45. The van der Waals surface area contributed by atoms with Gasteiger partial charge in [0.2, 0.25) is 0 Å². The third-order valence-corrected chi connectivity index (χ3v) is 6.03. The zero-order valence-corrected chi connectivity index (χ0v) is 14.8. The molecule has 0 amide bonds. The minimum Gasteiger partial charge on any atom is -0.356 e. The molecule has 4 fully saturated rings. The molecule has 0 aromatic heterocycles. The Morgan fingerprint density at radius 1 is 1.04 bits per heavy atom. The van der Waals surface area contributed by atoms with E-state index in [0.29, 0.717) is 5.11 Å². The van der Waals surface area contributed by atoms with E-state index < -0.39 is 0 Å². The molecule has 0 spiro atoms. The van der Waals surface area contributed by atoms with E-state index in [9.17, 15) is 0 Å². The van der Waals surface area contributed by atoms with Crippen LogP contribution in [0.3, 0.4) is 0 Å². The van der Waals surface area contributed by atoms with E-state index in [-0.39, 0.29) is 5.54 Å². The van der Waals surface area contributed by atoms with Gasteiger partial charge in [-0.15, -0.1) is 0 Å². The van der Waals surface area contributed by atoms with Crippen LogP contribution in [0.15, 0.2) is 41.5 Å². The van der Waals surface area contributed by atoms with Crippen LogP contribution in [0.2, 0.25) is 0 Å². The Balaban J connectivity index is 1.28. The fraction of sp³-hybridized carbons (Fsp3) is 0.500. The van der Waals surface area contributed by atoms with Gasteiger partial charge in [0.05, 0.1) is 0 Å². The molecule has 4 saturated carbocycles. The third-order valence-electron chi connectivity index (χ3n) is 5.83. The lowest BCUT2D eigenvalue weighted by molar-refractivity contribution is -0.0101. The van der Waals surface area contributed by atoms with E-state index in [1.807, 2.05) is 30.4 Å². The summed E-state index contributed by atoms with van der Waals surface area (Å²) in [5, 5.41) is 8.50. The van der Waals surface area contributed by atoms with Gasteiger partial charge in [0.25, 0.3) is 0 Å². The average molecular weight is 340 g/mol. The molecule has 0 heterocycles. The summed E-state index contributed by atoms with van der Waals surface area (Å²) in [6.07, 6.45) is 13.9. The van der Waals surface area contributed by atoms with Gasteiger partial charge in [0, 0.05) is 11.8 Å². The fourth-order valence-electron chi connectivity index (χ4n) is 5.39. The van der Waals surface area contributed by atoms with Crippen molar-refractivity contribution >= 4 is 29.6 Å². The maximum atomic E-state index is 5.47. The highest BCUT2D eigenvalue weighted by molar-refractivity contribution is 7.80. The van der Waals surface area contributed by atoms with Crippen molar-refractivity contribution in [2.45, 2.75) is 44.1 Å². The number of hydrazone groups is 1. The predicted molar refractivity (Wildman–Crippen MR) is 104 cm³/mol. The van der Waals surface area contributed by atoms with Gasteiger partial charge in [-0.05, 0) is 80.1 Å². The highest BCUT2D eigenvalue weighted by Gasteiger charge is 2.51. The zero-order chi connectivity index (χ0) is 16.4. The van der Waals surface area contributed by atoms with E-state index in [2.05, 4.69) is 28.0 Å². The molecule has 0 radical (unpaired) electrons. The van der Waals surface area contributed by atoms with Crippen LogP contribution in [0.4, 0.5) is 0 Å². The van der Waals surface area contributed by atoms with Crippen LogP contribution in [-0.2, 0) is 0 Å². The van der Waals surface area contributed by atoms with E-state index in [4.69, 9.17) is 12.2 Å². The molecule has 0 aliphatic heterocycles. The molecule has 24 heavy (non-hydrogen) atoms. The summed E-state index contributed by atoms with van der Waals surface area (Å²) in [6, 6.07) is 10.2. The quantitative estimate of drug-likeness (QED) is 0.492. The Morgan fingerprint density at radius 2 is 1.67 bits per heavy atom. The fourth-order valence-corrected chi connectivity index (χ4v) is 5.66. The molecule has 0 unspecified atom stereocenters. The molecule has 1 aromatic carbocycles. The van der Waals surface area contributed by atoms with Crippen molar-refractivity contribution < 1.29 is 0 Å². The molecular formula is C20H25N3S. The maximum Gasteiger partial charge on any atom is 0.187 e. The van der Waals surface area contributed by atoms with Gasteiger partial charge >= 0.3 is 0 Å². The Hall–Kier alpha value is -1.68. The second-order valence-electron chi connectivity index (χ2n) is 7.81. The molecule has 0 atom stereocenters. The first-order chi connectivity index (χ1) is 11.7. The van der Waals surface area contributed by atoms with Crippen LogP contribution in [0, 0.1) is 17.8 Å². The number of nitrogens with zero attached hydrogens (tertiary/aromatic N) is 1. The molecule has 126 valence electrons. The molecular weight excluding hydrogens is 314 g/mol. The van der Waals surface area contributed by atoms with Crippen LogP contribution in [0.1, 0.15) is 44.1 Å². The first-order valence-electron chi connectivity index (χ1n) is 9.04. The van der Waals surface area contributed by atoms with Crippen molar-refractivity contribution in [3.8, 4) is 0 Å². The number of hydrogen-bond acceptors (Lipinski definition) is 2. The van der Waals surface area contributed by atoms with Gasteiger partial charge in [-0.1, -0.05) is 36.4 Å². The summed E-state index contributed by atoms with van der Waals surface area (Å²) < 4.78 is 0. The number of rotatable bonds is 4. The second kappa shape index (κ2) is 6.67. The van der Waals surface area contributed by atoms with Crippen LogP contribution < -0.4 is 10.7 Å². The lowest BCUT2D eigenvalue weighted by atomic mass is 9.53. The van der Waals surface area contributed by atoms with Gasteiger partial charge < -0.3 is 5.32 Å². The van der Waals surface area contributed by atoms with Gasteiger partial charge in [-0.3, -0.25) is 5.43 Å². The minimum absolute atomic E-state index is 0.244. The zero-order valence-electron chi connectivity index (χ0n) is 13.9.